The quantitative estimate of drug-likeness (QED) is 0.894. The Balaban J connectivity index is 1.93. The number of aromatic amines is 1. The first-order valence-corrected chi connectivity index (χ1v) is 7.19. The summed E-state index contributed by atoms with van der Waals surface area (Å²) >= 11 is 0. The van der Waals surface area contributed by atoms with E-state index in [0.29, 0.717) is 23.5 Å². The Morgan fingerprint density at radius 1 is 1.38 bits per heavy atom. The van der Waals surface area contributed by atoms with E-state index < -0.39 is 5.97 Å². The summed E-state index contributed by atoms with van der Waals surface area (Å²) in [5.74, 6) is -0.511. The Morgan fingerprint density at radius 2 is 2.10 bits per heavy atom. The number of benzene rings is 1. The number of H-pyrrole nitrogens is 1. The van der Waals surface area contributed by atoms with Crippen molar-refractivity contribution < 1.29 is 9.90 Å². The van der Waals surface area contributed by atoms with Crippen LogP contribution in [0.15, 0.2) is 23.0 Å². The van der Waals surface area contributed by atoms with Crippen molar-refractivity contribution in [3.05, 3.63) is 34.2 Å². The van der Waals surface area contributed by atoms with E-state index in [4.69, 9.17) is 5.11 Å². The number of aromatic nitrogens is 2. The first kappa shape index (κ1) is 13.9. The Kier molecular flexibility index (Phi) is 3.55. The van der Waals surface area contributed by atoms with Gasteiger partial charge >= 0.3 is 11.7 Å². The summed E-state index contributed by atoms with van der Waals surface area (Å²) in [6.45, 7) is 2.74. The van der Waals surface area contributed by atoms with Crippen LogP contribution in [0.25, 0.3) is 11.0 Å². The van der Waals surface area contributed by atoms with Crippen molar-refractivity contribution in [2.75, 3.05) is 20.1 Å². The van der Waals surface area contributed by atoms with Crippen LogP contribution in [0.2, 0.25) is 0 Å². The molecule has 0 amide bonds. The van der Waals surface area contributed by atoms with Crippen LogP contribution < -0.4 is 5.69 Å². The minimum absolute atomic E-state index is 0.161. The third-order valence-corrected chi connectivity index (χ3v) is 4.30. The number of piperidine rings is 1. The van der Waals surface area contributed by atoms with Gasteiger partial charge in [-0.3, -0.25) is 4.57 Å². The monoisotopic (exact) mass is 289 g/mol. The van der Waals surface area contributed by atoms with Crippen LogP contribution in [-0.2, 0) is 6.54 Å². The molecule has 0 bridgehead atoms. The second kappa shape index (κ2) is 5.37. The van der Waals surface area contributed by atoms with Crippen molar-refractivity contribution >= 4 is 17.0 Å². The molecule has 0 atom stereocenters. The van der Waals surface area contributed by atoms with Gasteiger partial charge in [-0.1, -0.05) is 0 Å². The van der Waals surface area contributed by atoms with Crippen LogP contribution in [0, 0.1) is 5.92 Å². The fourth-order valence-corrected chi connectivity index (χ4v) is 2.97. The fraction of sp³-hybridized carbons (Fsp3) is 0.467. The lowest BCUT2D eigenvalue weighted by Crippen LogP contribution is -2.33. The minimum atomic E-state index is -0.976. The lowest BCUT2D eigenvalue weighted by Gasteiger charge is -2.29. The van der Waals surface area contributed by atoms with Crippen molar-refractivity contribution in [1.29, 1.82) is 0 Å². The highest BCUT2D eigenvalue weighted by Crippen LogP contribution is 2.20. The normalized spacial score (nSPS) is 17.4. The molecule has 2 heterocycles. The summed E-state index contributed by atoms with van der Waals surface area (Å²) in [6.07, 6.45) is 2.13. The number of likely N-dealkylation sites (tertiary alicyclic amines) is 1. The molecule has 1 aromatic carbocycles. The molecular weight excluding hydrogens is 270 g/mol. The molecule has 112 valence electrons. The third-order valence-electron chi connectivity index (χ3n) is 4.30. The van der Waals surface area contributed by atoms with E-state index in [0.717, 1.165) is 25.9 Å². The predicted octanol–water partition coefficient (Wildman–Crippen LogP) is 1.37. The molecule has 3 rings (SSSR count). The Bertz CT molecular complexity index is 723. The summed E-state index contributed by atoms with van der Waals surface area (Å²) in [7, 11) is 2.10. The molecule has 2 aromatic rings. The molecule has 1 fully saturated rings. The second-order valence-electron chi connectivity index (χ2n) is 5.82. The highest BCUT2D eigenvalue weighted by molar-refractivity contribution is 5.92. The Labute approximate surface area is 122 Å². The lowest BCUT2D eigenvalue weighted by molar-refractivity contribution is 0.0697. The van der Waals surface area contributed by atoms with E-state index >= 15 is 0 Å². The molecule has 0 aliphatic carbocycles. The van der Waals surface area contributed by atoms with Crippen LogP contribution >= 0.6 is 0 Å². The number of aromatic carboxylic acids is 1. The molecule has 1 aliphatic heterocycles. The smallest absolute Gasteiger partial charge is 0.335 e. The number of carboxylic acids is 1. The molecule has 21 heavy (non-hydrogen) atoms. The molecule has 6 nitrogen and oxygen atoms in total. The molecule has 0 saturated carbocycles. The van der Waals surface area contributed by atoms with Gasteiger partial charge < -0.3 is 15.0 Å². The van der Waals surface area contributed by atoms with Gasteiger partial charge in [0.2, 0.25) is 0 Å². The zero-order chi connectivity index (χ0) is 15.0. The van der Waals surface area contributed by atoms with E-state index in [-0.39, 0.29) is 11.3 Å². The average Bonchev–Trinajstić information content (AvgIpc) is 2.77. The molecule has 0 unspecified atom stereocenters. The van der Waals surface area contributed by atoms with Gasteiger partial charge in [0, 0.05) is 6.54 Å². The predicted molar refractivity (Wildman–Crippen MR) is 79.7 cm³/mol. The van der Waals surface area contributed by atoms with Crippen LogP contribution in [0.5, 0.6) is 0 Å². The third kappa shape index (κ3) is 2.71. The summed E-state index contributed by atoms with van der Waals surface area (Å²) in [4.78, 5) is 28.3. The molecule has 1 aromatic heterocycles. The number of nitrogens with one attached hydrogen (secondary N) is 1. The first-order valence-electron chi connectivity index (χ1n) is 7.19. The van der Waals surface area contributed by atoms with Gasteiger partial charge in [-0.2, -0.15) is 0 Å². The zero-order valence-electron chi connectivity index (χ0n) is 12.0. The van der Waals surface area contributed by atoms with Crippen molar-refractivity contribution in [1.82, 2.24) is 14.5 Å². The van der Waals surface area contributed by atoms with Gasteiger partial charge in [-0.15, -0.1) is 0 Å². The Hall–Kier alpha value is -2.08. The van der Waals surface area contributed by atoms with Gasteiger partial charge in [0.1, 0.15) is 0 Å². The minimum Gasteiger partial charge on any atom is -0.478 e. The molecule has 1 aliphatic rings. The molecule has 0 radical (unpaired) electrons. The highest BCUT2D eigenvalue weighted by atomic mass is 16.4. The number of fused-ring (bicyclic) bond motifs is 1. The van der Waals surface area contributed by atoms with Crippen LogP contribution in [0.4, 0.5) is 0 Å². The van der Waals surface area contributed by atoms with Crippen LogP contribution in [0.1, 0.15) is 23.2 Å². The average molecular weight is 289 g/mol. The van der Waals surface area contributed by atoms with Crippen molar-refractivity contribution in [2.45, 2.75) is 19.4 Å². The van der Waals surface area contributed by atoms with E-state index in [2.05, 4.69) is 16.9 Å². The maximum Gasteiger partial charge on any atom is 0.335 e. The van der Waals surface area contributed by atoms with Crippen LogP contribution in [-0.4, -0.2) is 45.7 Å². The lowest BCUT2D eigenvalue weighted by atomic mass is 9.97. The molecule has 1 saturated heterocycles. The van der Waals surface area contributed by atoms with E-state index in [9.17, 15) is 9.59 Å². The number of carboxylic acid groups (broad SMARTS) is 1. The topological polar surface area (TPSA) is 78.3 Å². The second-order valence-corrected chi connectivity index (χ2v) is 5.82. The molecule has 2 N–H and O–H groups in total. The maximum atomic E-state index is 12.1. The highest BCUT2D eigenvalue weighted by Gasteiger charge is 2.19. The number of carbonyl (C=O) groups is 1. The van der Waals surface area contributed by atoms with Gasteiger partial charge in [0.05, 0.1) is 16.6 Å². The standard InChI is InChI=1S/C15H19N3O3/c1-17-6-4-10(5-7-17)9-18-13-8-11(14(19)20)2-3-12(13)16-15(18)21/h2-3,8,10H,4-7,9H2,1H3,(H,16,21)(H,19,20). The molecule has 0 spiro atoms. The zero-order valence-corrected chi connectivity index (χ0v) is 12.0. The van der Waals surface area contributed by atoms with Crippen molar-refractivity contribution in [3.63, 3.8) is 0 Å². The molecular formula is C15H19N3O3. The maximum absolute atomic E-state index is 12.1. The number of nitrogens with zero attached hydrogens (tertiary/aromatic N) is 2. The van der Waals surface area contributed by atoms with E-state index in [1.165, 1.54) is 6.07 Å². The summed E-state index contributed by atoms with van der Waals surface area (Å²) in [5, 5.41) is 9.09. The number of hydrogen-bond acceptors (Lipinski definition) is 3. The van der Waals surface area contributed by atoms with Gasteiger partial charge in [0.15, 0.2) is 0 Å². The first-order chi connectivity index (χ1) is 10.0. The number of imidazole rings is 1. The summed E-state index contributed by atoms with van der Waals surface area (Å²) in [6, 6.07) is 4.75. The van der Waals surface area contributed by atoms with Crippen molar-refractivity contribution in [2.24, 2.45) is 5.92 Å². The summed E-state index contributed by atoms with van der Waals surface area (Å²) in [5.41, 5.74) is 1.42. The van der Waals surface area contributed by atoms with E-state index in [1.807, 2.05) is 0 Å². The number of hydrogen-bond donors (Lipinski definition) is 2. The van der Waals surface area contributed by atoms with Gasteiger partial charge in [0.25, 0.3) is 0 Å². The van der Waals surface area contributed by atoms with Crippen LogP contribution in [0.3, 0.4) is 0 Å². The number of rotatable bonds is 3. The molecule has 6 heteroatoms. The largest absolute Gasteiger partial charge is 0.478 e. The van der Waals surface area contributed by atoms with Crippen molar-refractivity contribution in [3.8, 4) is 0 Å². The Morgan fingerprint density at radius 3 is 2.76 bits per heavy atom. The van der Waals surface area contributed by atoms with Gasteiger partial charge in [-0.05, 0) is 57.1 Å². The van der Waals surface area contributed by atoms with Gasteiger partial charge in [-0.25, -0.2) is 9.59 Å². The van der Waals surface area contributed by atoms with E-state index in [1.54, 1.807) is 16.7 Å². The summed E-state index contributed by atoms with van der Waals surface area (Å²) < 4.78 is 1.68. The SMILES string of the molecule is CN1CCC(Cn2c(=O)[nH]c3ccc(C(=O)O)cc32)CC1. The fourth-order valence-electron chi connectivity index (χ4n) is 2.97.